The molecule has 0 unspecified atom stereocenters. The number of hydrogen-bond acceptors (Lipinski definition) is 0. The Kier molecular flexibility index (Phi) is 4.65. The molecule has 0 bridgehead atoms. The van der Waals surface area contributed by atoms with E-state index in [4.69, 9.17) is 0 Å². The van der Waals surface area contributed by atoms with E-state index in [1.807, 2.05) is 0 Å². The van der Waals surface area contributed by atoms with Crippen LogP contribution in [-0.4, -0.2) is 25.8 Å². The van der Waals surface area contributed by atoms with Gasteiger partial charge in [0.2, 0.25) is 0 Å². The van der Waals surface area contributed by atoms with Gasteiger partial charge in [0.05, 0.1) is 0 Å². The number of rotatable bonds is 3. The van der Waals surface area contributed by atoms with Crippen LogP contribution in [0.3, 0.4) is 0 Å². The average molecular weight is 178 g/mol. The van der Waals surface area contributed by atoms with E-state index >= 15 is 0 Å². The molecule has 0 N–H and O–H groups in total. The standard InChI is InChI=1S/C10H23Si.Li/c1-8-9(2)11(6,7)10(3,4)5;/h9H,1,8H2,2-7H3;/t9-;/m0./s1. The summed E-state index contributed by atoms with van der Waals surface area (Å²) in [6.07, 6.45) is 1.41. The van der Waals surface area contributed by atoms with Gasteiger partial charge in [-0.2, -0.15) is 0 Å². The monoisotopic (exact) mass is 178 g/mol. The topological polar surface area (TPSA) is 0 Å². The first-order chi connectivity index (χ1) is 5.23. The first kappa shape index (κ1) is 12.8. The summed E-state index contributed by atoms with van der Waals surface area (Å²) in [5, 5.41) is 1.90. The maximum absolute atomic E-state index is 2.54. The number of hydrogen-bond donors (Lipinski definition) is 0. The van der Waals surface area contributed by atoms with Crippen LogP contribution in [0.1, 0.15) is 34.1 Å². The summed E-state index contributed by atoms with van der Waals surface area (Å²) < 4.78 is 0. The Morgan fingerprint density at radius 1 is 1.25 bits per heavy atom. The van der Waals surface area contributed by atoms with E-state index in [1.54, 1.807) is 0 Å². The van der Waals surface area contributed by atoms with Gasteiger partial charge in [0.15, 0.2) is 0 Å². The van der Waals surface area contributed by atoms with E-state index < -0.39 is 8.07 Å². The van der Waals surface area contributed by atoms with Gasteiger partial charge >= 0.3 is 88.7 Å². The molecule has 0 aliphatic heterocycles. The van der Waals surface area contributed by atoms with Gasteiger partial charge in [-0.1, -0.05) is 0 Å². The van der Waals surface area contributed by atoms with E-state index in [2.05, 4.69) is 58.5 Å². The normalized spacial score (nSPS) is 16.3. The molecule has 0 aliphatic carbocycles. The van der Waals surface area contributed by atoms with Crippen molar-refractivity contribution in [2.45, 2.75) is 62.9 Å². The molecule has 0 rings (SSSR count). The third-order valence-corrected chi connectivity index (χ3v) is 10.5. The van der Waals surface area contributed by atoms with Crippen molar-refractivity contribution in [1.82, 2.24) is 0 Å². The van der Waals surface area contributed by atoms with Gasteiger partial charge in [0.25, 0.3) is 0 Å². The van der Waals surface area contributed by atoms with Crippen LogP contribution >= 0.6 is 0 Å². The fraction of sp³-hybridized carbons (Fsp3) is 1.00. The predicted molar refractivity (Wildman–Crippen MR) is 61.8 cm³/mol. The molecule has 0 aromatic carbocycles. The molecule has 0 saturated carbocycles. The van der Waals surface area contributed by atoms with Gasteiger partial charge in [-0.3, -0.25) is 0 Å². The molecule has 0 spiro atoms. The molecule has 0 nitrogen and oxygen atoms in total. The molecule has 0 aliphatic rings. The van der Waals surface area contributed by atoms with Gasteiger partial charge in [-0.05, 0) is 0 Å². The fourth-order valence-electron chi connectivity index (χ4n) is 1.53. The Morgan fingerprint density at radius 2 is 1.67 bits per heavy atom. The summed E-state index contributed by atoms with van der Waals surface area (Å²) in [6.45, 7) is 14.7. The van der Waals surface area contributed by atoms with E-state index in [0.717, 1.165) is 5.54 Å². The van der Waals surface area contributed by atoms with Crippen LogP contribution in [0.4, 0.5) is 0 Å². The quantitative estimate of drug-likeness (QED) is 0.576. The molecule has 0 aromatic heterocycles. The van der Waals surface area contributed by atoms with Crippen molar-refractivity contribution in [2.24, 2.45) is 0 Å². The molecular formula is C10H23LiSi. The Balaban J connectivity index is 4.38. The summed E-state index contributed by atoms with van der Waals surface area (Å²) in [5.74, 6) is 0. The Morgan fingerprint density at radius 3 is 1.92 bits per heavy atom. The molecular weight excluding hydrogens is 155 g/mol. The van der Waals surface area contributed by atoms with Crippen molar-refractivity contribution in [3.63, 3.8) is 0 Å². The minimum atomic E-state index is -1.03. The zero-order chi connectivity index (χ0) is 9.99. The molecule has 1 atom stereocenters. The van der Waals surface area contributed by atoms with Gasteiger partial charge in [0.1, 0.15) is 0 Å². The first-order valence-electron chi connectivity index (χ1n) is 5.23. The van der Waals surface area contributed by atoms with Crippen molar-refractivity contribution < 1.29 is 0 Å². The predicted octanol–water partition coefficient (Wildman–Crippen LogP) is 3.86. The third-order valence-electron chi connectivity index (χ3n) is 3.89. The molecule has 0 saturated heterocycles. The van der Waals surface area contributed by atoms with Crippen LogP contribution in [0.2, 0.25) is 28.8 Å². The summed E-state index contributed by atoms with van der Waals surface area (Å²) in [7, 11) is -1.03. The Bertz CT molecular complexity index is 135. The summed E-state index contributed by atoms with van der Waals surface area (Å²) in [6, 6.07) is 0. The molecule has 0 amide bonds. The van der Waals surface area contributed by atoms with E-state index in [9.17, 15) is 0 Å². The summed E-state index contributed by atoms with van der Waals surface area (Å²) in [5.41, 5.74) is 0.961. The summed E-state index contributed by atoms with van der Waals surface area (Å²) in [4.78, 5) is 0. The van der Waals surface area contributed by atoms with Crippen molar-refractivity contribution >= 4 is 25.8 Å². The van der Waals surface area contributed by atoms with Gasteiger partial charge < -0.3 is 0 Å². The van der Waals surface area contributed by atoms with Crippen molar-refractivity contribution in [3.8, 4) is 0 Å². The SMILES string of the molecule is [Li][CH2]C[C@H](C)[Si](C)(C)C(C)(C)C. The Labute approximate surface area is 88.7 Å². The molecule has 0 aromatic rings. The van der Waals surface area contributed by atoms with Crippen molar-refractivity contribution in [2.75, 3.05) is 0 Å². The van der Waals surface area contributed by atoms with Crippen molar-refractivity contribution in [3.05, 3.63) is 0 Å². The molecule has 12 heavy (non-hydrogen) atoms. The van der Waals surface area contributed by atoms with Gasteiger partial charge in [-0.25, -0.2) is 0 Å². The minimum absolute atomic E-state index is 0.557. The van der Waals surface area contributed by atoms with Crippen LogP contribution < -0.4 is 0 Å². The molecule has 68 valence electrons. The average Bonchev–Trinajstić information content (AvgIpc) is 1.85. The zero-order valence-corrected chi connectivity index (χ0v) is 11.0. The Hall–Kier alpha value is 0.814. The second-order valence-corrected chi connectivity index (χ2v) is 11.6. The second-order valence-electron chi connectivity index (χ2n) is 5.66. The molecule has 0 heterocycles. The summed E-state index contributed by atoms with van der Waals surface area (Å²) >= 11 is 2.30. The van der Waals surface area contributed by atoms with E-state index in [0.29, 0.717) is 5.04 Å². The molecule has 2 heteroatoms. The molecule has 0 fully saturated rings. The van der Waals surface area contributed by atoms with Crippen molar-refractivity contribution in [1.29, 1.82) is 0 Å². The van der Waals surface area contributed by atoms with Crippen LogP contribution in [0.5, 0.6) is 0 Å². The third kappa shape index (κ3) is 2.94. The van der Waals surface area contributed by atoms with Crippen LogP contribution in [0.15, 0.2) is 0 Å². The van der Waals surface area contributed by atoms with Crippen LogP contribution in [0.25, 0.3) is 0 Å². The van der Waals surface area contributed by atoms with Gasteiger partial charge in [-0.15, -0.1) is 0 Å². The zero-order valence-electron chi connectivity index (χ0n) is 9.99. The van der Waals surface area contributed by atoms with E-state index in [-0.39, 0.29) is 0 Å². The fourth-order valence-corrected chi connectivity index (χ4v) is 4.02. The van der Waals surface area contributed by atoms with Gasteiger partial charge in [0, 0.05) is 0 Å². The maximum atomic E-state index is 2.54. The molecule has 0 radical (unpaired) electrons. The van der Waals surface area contributed by atoms with E-state index in [1.165, 1.54) is 11.5 Å². The first-order valence-corrected chi connectivity index (χ1v) is 8.31. The van der Waals surface area contributed by atoms with Crippen LogP contribution in [0, 0.1) is 0 Å². The second kappa shape index (κ2) is 4.35. The van der Waals surface area contributed by atoms with Crippen LogP contribution in [-0.2, 0) is 0 Å².